The molecule has 0 unspecified atom stereocenters. The van der Waals surface area contributed by atoms with E-state index in [1.54, 1.807) is 0 Å². The van der Waals surface area contributed by atoms with Crippen LogP contribution in [-0.4, -0.2) is 55.6 Å². The number of rotatable bonds is 5. The number of aryl methyl sites for hydroxylation is 2. The van der Waals surface area contributed by atoms with E-state index in [-0.39, 0.29) is 5.97 Å². The fraction of sp³-hybridized carbons (Fsp3) is 0.588. The minimum absolute atomic E-state index is 0.118. The summed E-state index contributed by atoms with van der Waals surface area (Å²) >= 11 is 0. The molecule has 0 saturated carbocycles. The number of ether oxygens (including phenoxy) is 1. The first-order valence-corrected chi connectivity index (χ1v) is 7.66. The molecule has 1 aromatic rings. The fourth-order valence-electron chi connectivity index (χ4n) is 2.84. The molecular formula is C17H26N2O2. The van der Waals surface area contributed by atoms with Crippen LogP contribution >= 0.6 is 0 Å². The van der Waals surface area contributed by atoms with E-state index < -0.39 is 0 Å². The van der Waals surface area contributed by atoms with Gasteiger partial charge in [0.1, 0.15) is 0 Å². The normalized spacial score (nSPS) is 16.9. The zero-order valence-electron chi connectivity index (χ0n) is 13.4. The number of piperazine rings is 1. The van der Waals surface area contributed by atoms with Crippen molar-refractivity contribution in [1.29, 1.82) is 0 Å². The summed E-state index contributed by atoms with van der Waals surface area (Å²) in [5.41, 5.74) is 4.21. The zero-order chi connectivity index (χ0) is 15.2. The molecule has 2 rings (SSSR count). The summed E-state index contributed by atoms with van der Waals surface area (Å²) < 4.78 is 4.69. The molecule has 1 aliphatic rings. The summed E-state index contributed by atoms with van der Waals surface area (Å²) in [6.07, 6.45) is 0.493. The van der Waals surface area contributed by atoms with Gasteiger partial charge in [-0.2, -0.15) is 0 Å². The Hall–Kier alpha value is -1.39. The quantitative estimate of drug-likeness (QED) is 0.776. The van der Waals surface area contributed by atoms with E-state index in [0.717, 1.165) is 39.3 Å². The second-order valence-electron chi connectivity index (χ2n) is 5.81. The summed E-state index contributed by atoms with van der Waals surface area (Å²) in [6, 6.07) is 6.50. The average Bonchev–Trinajstić information content (AvgIpc) is 2.50. The maximum Gasteiger partial charge on any atom is 0.306 e. The summed E-state index contributed by atoms with van der Waals surface area (Å²) in [5.74, 6) is -0.118. The van der Waals surface area contributed by atoms with Gasteiger partial charge in [-0.05, 0) is 30.5 Å². The number of benzene rings is 1. The van der Waals surface area contributed by atoms with Crippen molar-refractivity contribution in [3.05, 3.63) is 34.9 Å². The Morgan fingerprint density at radius 3 is 2.24 bits per heavy atom. The number of nitrogens with zero attached hydrogens (tertiary/aromatic N) is 2. The molecule has 1 saturated heterocycles. The lowest BCUT2D eigenvalue weighted by atomic mass is 10.0. The third-order valence-corrected chi connectivity index (χ3v) is 4.35. The molecule has 21 heavy (non-hydrogen) atoms. The van der Waals surface area contributed by atoms with Crippen molar-refractivity contribution in [3.8, 4) is 0 Å². The Morgan fingerprint density at radius 2 is 1.67 bits per heavy atom. The summed E-state index contributed by atoms with van der Waals surface area (Å²) in [6.45, 7) is 10.4. The minimum Gasteiger partial charge on any atom is -0.469 e. The summed E-state index contributed by atoms with van der Waals surface area (Å²) in [7, 11) is 1.45. The van der Waals surface area contributed by atoms with Gasteiger partial charge < -0.3 is 9.64 Å². The first-order valence-electron chi connectivity index (χ1n) is 7.66. The van der Waals surface area contributed by atoms with Gasteiger partial charge in [0, 0.05) is 39.3 Å². The minimum atomic E-state index is -0.118. The number of carbonyl (C=O) groups is 1. The monoisotopic (exact) mass is 290 g/mol. The van der Waals surface area contributed by atoms with Crippen LogP contribution in [0.3, 0.4) is 0 Å². The van der Waals surface area contributed by atoms with Crippen LogP contribution in [0, 0.1) is 13.8 Å². The average molecular weight is 290 g/mol. The van der Waals surface area contributed by atoms with E-state index in [1.165, 1.54) is 23.8 Å². The van der Waals surface area contributed by atoms with Crippen molar-refractivity contribution in [3.63, 3.8) is 0 Å². The largest absolute Gasteiger partial charge is 0.469 e. The topological polar surface area (TPSA) is 32.8 Å². The Morgan fingerprint density at radius 1 is 1.10 bits per heavy atom. The Labute approximate surface area is 127 Å². The van der Waals surface area contributed by atoms with Crippen molar-refractivity contribution in [2.45, 2.75) is 26.8 Å². The predicted molar refractivity (Wildman–Crippen MR) is 84.3 cm³/mol. The van der Waals surface area contributed by atoms with Crippen LogP contribution in [0.25, 0.3) is 0 Å². The van der Waals surface area contributed by atoms with Crippen molar-refractivity contribution in [2.75, 3.05) is 39.8 Å². The van der Waals surface area contributed by atoms with Crippen molar-refractivity contribution < 1.29 is 9.53 Å². The van der Waals surface area contributed by atoms with E-state index in [2.05, 4.69) is 41.8 Å². The first kappa shape index (κ1) is 16.0. The molecule has 1 heterocycles. The van der Waals surface area contributed by atoms with Crippen LogP contribution in [0.5, 0.6) is 0 Å². The molecule has 0 radical (unpaired) electrons. The van der Waals surface area contributed by atoms with Crippen LogP contribution in [-0.2, 0) is 16.1 Å². The molecule has 4 nitrogen and oxygen atoms in total. The number of esters is 1. The molecule has 4 heteroatoms. The molecular weight excluding hydrogens is 264 g/mol. The molecule has 1 fully saturated rings. The Kier molecular flexibility index (Phi) is 5.76. The molecule has 116 valence electrons. The van der Waals surface area contributed by atoms with E-state index >= 15 is 0 Å². The van der Waals surface area contributed by atoms with Gasteiger partial charge >= 0.3 is 5.97 Å². The van der Waals surface area contributed by atoms with Crippen molar-refractivity contribution in [2.24, 2.45) is 0 Å². The second-order valence-corrected chi connectivity index (χ2v) is 5.81. The lowest BCUT2D eigenvalue weighted by Crippen LogP contribution is -2.46. The fourth-order valence-corrected chi connectivity index (χ4v) is 2.84. The number of methoxy groups -OCH3 is 1. The number of hydrogen-bond acceptors (Lipinski definition) is 4. The molecule has 1 aliphatic heterocycles. The lowest BCUT2D eigenvalue weighted by molar-refractivity contribution is -0.141. The maximum absolute atomic E-state index is 11.2. The van der Waals surface area contributed by atoms with Crippen molar-refractivity contribution >= 4 is 5.97 Å². The smallest absolute Gasteiger partial charge is 0.306 e. The molecule has 0 bridgehead atoms. The van der Waals surface area contributed by atoms with E-state index in [4.69, 9.17) is 4.74 Å². The van der Waals surface area contributed by atoms with Gasteiger partial charge in [-0.1, -0.05) is 18.2 Å². The molecule has 0 atom stereocenters. The molecule has 0 N–H and O–H groups in total. The molecule has 0 amide bonds. The van der Waals surface area contributed by atoms with Gasteiger partial charge in [0.15, 0.2) is 0 Å². The summed E-state index contributed by atoms with van der Waals surface area (Å²) in [4.78, 5) is 16.0. The number of carbonyl (C=O) groups excluding carboxylic acids is 1. The number of hydrogen-bond donors (Lipinski definition) is 0. The van der Waals surface area contributed by atoms with E-state index in [9.17, 15) is 4.79 Å². The maximum atomic E-state index is 11.2. The Balaban J connectivity index is 1.80. The standard InChI is InChI=1S/C17H26N2O2/c1-14-5-4-6-15(2)16(14)13-19-11-9-18(10-12-19)8-7-17(20)21-3/h4-6H,7-13H2,1-3H3. The van der Waals surface area contributed by atoms with Gasteiger partial charge in [-0.25, -0.2) is 0 Å². The second kappa shape index (κ2) is 7.57. The van der Waals surface area contributed by atoms with E-state index in [0.29, 0.717) is 6.42 Å². The van der Waals surface area contributed by atoms with Gasteiger partial charge in [0.25, 0.3) is 0 Å². The van der Waals surface area contributed by atoms with Crippen LogP contribution in [0.1, 0.15) is 23.1 Å². The highest BCUT2D eigenvalue weighted by molar-refractivity contribution is 5.69. The van der Waals surface area contributed by atoms with Crippen LogP contribution < -0.4 is 0 Å². The highest BCUT2D eigenvalue weighted by Gasteiger charge is 2.18. The van der Waals surface area contributed by atoms with E-state index in [1.807, 2.05) is 0 Å². The van der Waals surface area contributed by atoms with Gasteiger partial charge in [-0.3, -0.25) is 9.69 Å². The SMILES string of the molecule is COC(=O)CCN1CCN(Cc2c(C)cccc2C)CC1. The van der Waals surface area contributed by atoms with Gasteiger partial charge in [0.05, 0.1) is 13.5 Å². The molecule has 0 spiro atoms. The molecule has 0 aromatic heterocycles. The third kappa shape index (κ3) is 4.55. The Bertz CT molecular complexity index is 459. The third-order valence-electron chi connectivity index (χ3n) is 4.35. The highest BCUT2D eigenvalue weighted by Crippen LogP contribution is 2.17. The highest BCUT2D eigenvalue weighted by atomic mass is 16.5. The predicted octanol–water partition coefficient (Wildman–Crippen LogP) is 1.98. The molecule has 0 aliphatic carbocycles. The van der Waals surface area contributed by atoms with Gasteiger partial charge in [0.2, 0.25) is 0 Å². The lowest BCUT2D eigenvalue weighted by Gasteiger charge is -2.35. The van der Waals surface area contributed by atoms with Crippen LogP contribution in [0.4, 0.5) is 0 Å². The van der Waals surface area contributed by atoms with Crippen LogP contribution in [0.2, 0.25) is 0 Å². The van der Waals surface area contributed by atoms with Crippen molar-refractivity contribution in [1.82, 2.24) is 9.80 Å². The van der Waals surface area contributed by atoms with Gasteiger partial charge in [-0.15, -0.1) is 0 Å². The van der Waals surface area contributed by atoms with Crippen LogP contribution in [0.15, 0.2) is 18.2 Å². The summed E-state index contributed by atoms with van der Waals surface area (Å²) in [5, 5.41) is 0. The first-order chi connectivity index (χ1) is 10.1. The molecule has 1 aromatic carbocycles. The zero-order valence-corrected chi connectivity index (χ0v) is 13.4.